The molecule has 0 saturated carbocycles. The molecule has 6 nitrogen and oxygen atoms in total. The number of esters is 1. The molecule has 1 aliphatic heterocycles. The van der Waals surface area contributed by atoms with Gasteiger partial charge in [-0.15, -0.1) is 0 Å². The normalized spacial score (nSPS) is 18.6. The first-order valence-electron chi connectivity index (χ1n) is 5.65. The summed E-state index contributed by atoms with van der Waals surface area (Å²) in [6.07, 6.45) is 3.62. The second-order valence-electron chi connectivity index (χ2n) is 4.00. The van der Waals surface area contributed by atoms with Gasteiger partial charge in [0, 0.05) is 18.2 Å². The average molecular weight is 250 g/mol. The molecule has 2 rings (SSSR count). The van der Waals surface area contributed by atoms with Gasteiger partial charge in [-0.25, -0.2) is 4.79 Å². The fraction of sp³-hybridized carbons (Fsp3) is 0.417. The Kier molecular flexibility index (Phi) is 3.88. The van der Waals surface area contributed by atoms with E-state index in [1.54, 1.807) is 6.92 Å². The minimum absolute atomic E-state index is 0.141. The van der Waals surface area contributed by atoms with E-state index < -0.39 is 12.1 Å². The molecule has 1 unspecified atom stereocenters. The lowest BCUT2D eigenvalue weighted by molar-refractivity contribution is -0.158. The van der Waals surface area contributed by atoms with Gasteiger partial charge in [0.15, 0.2) is 6.10 Å². The molecule has 1 aliphatic rings. The van der Waals surface area contributed by atoms with Crippen molar-refractivity contribution in [2.24, 2.45) is 0 Å². The highest BCUT2D eigenvalue weighted by atomic mass is 16.6. The number of carbonyl (C=O) groups excluding carboxylic acids is 1. The quantitative estimate of drug-likeness (QED) is 0.623. The molecule has 0 amide bonds. The maximum Gasteiger partial charge on any atom is 0.335 e. The summed E-state index contributed by atoms with van der Waals surface area (Å²) in [6, 6.07) is 1.41. The summed E-state index contributed by atoms with van der Waals surface area (Å²) in [5.74, 6) is -0.471. The standard InChI is InChI=1S/C12H14N2O4/c1-8-6-10(15)9(14-13-8)7-18-12(16)11-4-2-3-5-17-11/h2-3,6,11H,4-5,7H2,1H3,(H,13,15). The number of aromatic amines is 1. The number of nitrogens with one attached hydrogen (secondary N) is 1. The first-order chi connectivity index (χ1) is 8.66. The van der Waals surface area contributed by atoms with Crippen LogP contribution in [0, 0.1) is 6.92 Å². The molecule has 0 spiro atoms. The zero-order valence-corrected chi connectivity index (χ0v) is 10.0. The molecule has 0 fully saturated rings. The van der Waals surface area contributed by atoms with Gasteiger partial charge in [-0.3, -0.25) is 9.89 Å². The third-order valence-corrected chi connectivity index (χ3v) is 2.52. The van der Waals surface area contributed by atoms with Crippen molar-refractivity contribution in [2.75, 3.05) is 6.61 Å². The fourth-order valence-corrected chi connectivity index (χ4v) is 1.55. The molecule has 0 aliphatic carbocycles. The Morgan fingerprint density at radius 3 is 3.11 bits per heavy atom. The van der Waals surface area contributed by atoms with Crippen LogP contribution in [0.4, 0.5) is 0 Å². The SMILES string of the molecule is Cc1cc(=O)c(COC(=O)C2CC=CCO2)n[nH]1. The van der Waals surface area contributed by atoms with Crippen molar-refractivity contribution in [3.8, 4) is 0 Å². The van der Waals surface area contributed by atoms with Crippen LogP contribution in [0.25, 0.3) is 0 Å². The molecular formula is C12H14N2O4. The van der Waals surface area contributed by atoms with E-state index in [2.05, 4.69) is 10.2 Å². The Bertz CT molecular complexity index is 521. The maximum atomic E-state index is 11.6. The Morgan fingerprint density at radius 1 is 1.61 bits per heavy atom. The summed E-state index contributed by atoms with van der Waals surface area (Å²) in [5.41, 5.74) is 0.597. The lowest BCUT2D eigenvalue weighted by Crippen LogP contribution is -2.29. The monoisotopic (exact) mass is 250 g/mol. The molecule has 0 aromatic carbocycles. The van der Waals surface area contributed by atoms with Crippen LogP contribution >= 0.6 is 0 Å². The van der Waals surface area contributed by atoms with E-state index in [1.807, 2.05) is 12.2 Å². The molecule has 1 aromatic rings. The van der Waals surface area contributed by atoms with Crippen LogP contribution in [-0.2, 0) is 20.9 Å². The van der Waals surface area contributed by atoms with Crippen LogP contribution in [0.2, 0.25) is 0 Å². The highest BCUT2D eigenvalue weighted by Gasteiger charge is 2.21. The number of aromatic nitrogens is 2. The third-order valence-electron chi connectivity index (χ3n) is 2.52. The van der Waals surface area contributed by atoms with E-state index in [-0.39, 0.29) is 17.7 Å². The molecule has 0 radical (unpaired) electrons. The summed E-state index contributed by atoms with van der Waals surface area (Å²) < 4.78 is 10.2. The van der Waals surface area contributed by atoms with Gasteiger partial charge in [0.1, 0.15) is 12.3 Å². The zero-order valence-electron chi connectivity index (χ0n) is 10.0. The van der Waals surface area contributed by atoms with E-state index in [0.717, 1.165) is 0 Å². The Balaban J connectivity index is 1.93. The summed E-state index contributed by atoms with van der Waals surface area (Å²) in [6.45, 7) is 1.99. The summed E-state index contributed by atoms with van der Waals surface area (Å²) >= 11 is 0. The van der Waals surface area contributed by atoms with Crippen LogP contribution < -0.4 is 5.43 Å². The minimum Gasteiger partial charge on any atom is -0.457 e. The lowest BCUT2D eigenvalue weighted by atomic mass is 10.2. The Morgan fingerprint density at radius 2 is 2.44 bits per heavy atom. The van der Waals surface area contributed by atoms with Crippen molar-refractivity contribution in [3.63, 3.8) is 0 Å². The van der Waals surface area contributed by atoms with Crippen LogP contribution in [0.1, 0.15) is 17.8 Å². The smallest absolute Gasteiger partial charge is 0.335 e. The van der Waals surface area contributed by atoms with Crippen molar-refractivity contribution in [3.05, 3.63) is 39.8 Å². The highest BCUT2D eigenvalue weighted by Crippen LogP contribution is 2.08. The van der Waals surface area contributed by atoms with Gasteiger partial charge in [-0.2, -0.15) is 5.10 Å². The second kappa shape index (κ2) is 5.59. The van der Waals surface area contributed by atoms with Crippen molar-refractivity contribution in [1.82, 2.24) is 10.2 Å². The molecule has 2 heterocycles. The van der Waals surface area contributed by atoms with E-state index in [9.17, 15) is 9.59 Å². The number of ether oxygens (including phenoxy) is 2. The van der Waals surface area contributed by atoms with Crippen molar-refractivity contribution < 1.29 is 14.3 Å². The Hall–Kier alpha value is -1.95. The minimum atomic E-state index is -0.584. The molecule has 1 atom stereocenters. The van der Waals surface area contributed by atoms with Crippen LogP contribution in [-0.4, -0.2) is 28.9 Å². The number of rotatable bonds is 3. The van der Waals surface area contributed by atoms with Crippen LogP contribution in [0.5, 0.6) is 0 Å². The lowest BCUT2D eigenvalue weighted by Gasteiger charge is -2.16. The maximum absolute atomic E-state index is 11.6. The van der Waals surface area contributed by atoms with Gasteiger partial charge in [-0.1, -0.05) is 12.2 Å². The predicted octanol–water partition coefficient (Wildman–Crippen LogP) is 0.467. The number of nitrogens with zero attached hydrogens (tertiary/aromatic N) is 1. The number of aryl methyl sites for hydroxylation is 1. The van der Waals surface area contributed by atoms with Gasteiger partial charge in [0.2, 0.25) is 5.43 Å². The highest BCUT2D eigenvalue weighted by molar-refractivity contribution is 5.75. The predicted molar refractivity (Wildman–Crippen MR) is 62.9 cm³/mol. The molecular weight excluding hydrogens is 236 g/mol. The molecule has 6 heteroatoms. The molecule has 0 bridgehead atoms. The van der Waals surface area contributed by atoms with Crippen LogP contribution in [0.3, 0.4) is 0 Å². The van der Waals surface area contributed by atoms with E-state index in [1.165, 1.54) is 6.07 Å². The average Bonchev–Trinajstić information content (AvgIpc) is 2.38. The van der Waals surface area contributed by atoms with Gasteiger partial charge >= 0.3 is 5.97 Å². The molecule has 1 aromatic heterocycles. The molecule has 18 heavy (non-hydrogen) atoms. The van der Waals surface area contributed by atoms with E-state index in [4.69, 9.17) is 9.47 Å². The second-order valence-corrected chi connectivity index (χ2v) is 4.00. The summed E-state index contributed by atoms with van der Waals surface area (Å²) in [4.78, 5) is 23.1. The summed E-state index contributed by atoms with van der Waals surface area (Å²) in [7, 11) is 0. The number of carbonyl (C=O) groups is 1. The van der Waals surface area contributed by atoms with Gasteiger partial charge in [0.25, 0.3) is 0 Å². The van der Waals surface area contributed by atoms with E-state index in [0.29, 0.717) is 18.7 Å². The largest absolute Gasteiger partial charge is 0.457 e. The zero-order chi connectivity index (χ0) is 13.0. The van der Waals surface area contributed by atoms with E-state index >= 15 is 0 Å². The Labute approximate surface area is 104 Å². The molecule has 96 valence electrons. The summed E-state index contributed by atoms with van der Waals surface area (Å²) in [5, 5.41) is 6.49. The third kappa shape index (κ3) is 3.04. The number of hydrogen-bond acceptors (Lipinski definition) is 5. The van der Waals surface area contributed by atoms with Gasteiger partial charge in [-0.05, 0) is 6.92 Å². The molecule has 1 N–H and O–H groups in total. The van der Waals surface area contributed by atoms with Crippen molar-refractivity contribution >= 4 is 5.97 Å². The van der Waals surface area contributed by atoms with Crippen LogP contribution in [0.15, 0.2) is 23.0 Å². The van der Waals surface area contributed by atoms with Gasteiger partial charge < -0.3 is 9.47 Å². The van der Waals surface area contributed by atoms with Crippen molar-refractivity contribution in [2.45, 2.75) is 26.1 Å². The number of H-pyrrole nitrogens is 1. The number of hydrogen-bond donors (Lipinski definition) is 1. The van der Waals surface area contributed by atoms with Crippen molar-refractivity contribution in [1.29, 1.82) is 0 Å². The first kappa shape index (κ1) is 12.5. The van der Waals surface area contributed by atoms with Gasteiger partial charge in [0.05, 0.1) is 6.61 Å². The fourth-order valence-electron chi connectivity index (χ4n) is 1.55. The molecule has 0 saturated heterocycles. The first-order valence-corrected chi connectivity index (χ1v) is 5.65. The topological polar surface area (TPSA) is 81.3 Å².